The first-order chi connectivity index (χ1) is 4.36. The Morgan fingerprint density at radius 2 is 2.67 bits per heavy atom. The lowest BCUT2D eigenvalue weighted by molar-refractivity contribution is 1.09. The van der Waals surface area contributed by atoms with Crippen molar-refractivity contribution in [2.24, 2.45) is 0 Å². The molecule has 48 valence electrons. The number of hydrogen-bond acceptors (Lipinski definition) is 2. The summed E-state index contributed by atoms with van der Waals surface area (Å²) in [4.78, 5) is 5.31. The summed E-state index contributed by atoms with van der Waals surface area (Å²) in [5.41, 5.74) is 0. The zero-order valence-corrected chi connectivity index (χ0v) is 6.24. The van der Waals surface area contributed by atoms with Crippen LogP contribution in [0.25, 0.3) is 6.08 Å². The molecule has 0 saturated heterocycles. The molecule has 2 heteroatoms. The number of rotatable bonds is 2. The van der Waals surface area contributed by atoms with Crippen molar-refractivity contribution in [1.82, 2.24) is 4.98 Å². The monoisotopic (exact) mass is 139 g/mol. The molecule has 0 atom stereocenters. The Labute approximate surface area is 59.1 Å². The van der Waals surface area contributed by atoms with Gasteiger partial charge in [0, 0.05) is 11.1 Å². The van der Waals surface area contributed by atoms with Crippen molar-refractivity contribution in [3.63, 3.8) is 0 Å². The third-order valence-electron chi connectivity index (χ3n) is 1.08. The van der Waals surface area contributed by atoms with E-state index in [1.807, 2.05) is 12.3 Å². The van der Waals surface area contributed by atoms with Crippen LogP contribution in [0, 0.1) is 0 Å². The lowest BCUT2D eigenvalue weighted by Gasteiger charge is -1.79. The number of aromatic nitrogens is 1. The Morgan fingerprint density at radius 3 is 3.00 bits per heavy atom. The lowest BCUT2D eigenvalue weighted by Crippen LogP contribution is -1.70. The predicted molar refractivity (Wildman–Crippen MR) is 41.6 cm³/mol. The van der Waals surface area contributed by atoms with Gasteiger partial charge in [-0.2, -0.15) is 0 Å². The second kappa shape index (κ2) is 2.78. The summed E-state index contributed by atoms with van der Waals surface area (Å²) in [7, 11) is 0. The van der Waals surface area contributed by atoms with Crippen molar-refractivity contribution in [1.29, 1.82) is 0 Å². The highest BCUT2D eigenvalue weighted by atomic mass is 32.1. The molecule has 0 aromatic carbocycles. The fourth-order valence-corrected chi connectivity index (χ4v) is 1.29. The molecule has 1 nitrogen and oxygen atoms in total. The average molecular weight is 139 g/mol. The van der Waals surface area contributed by atoms with Crippen molar-refractivity contribution in [3.05, 3.63) is 22.7 Å². The summed E-state index contributed by atoms with van der Waals surface area (Å²) in [6, 6.07) is 0. The normalized spacial score (nSPS) is 9.44. The van der Waals surface area contributed by atoms with Gasteiger partial charge in [-0.25, -0.2) is 4.98 Å². The van der Waals surface area contributed by atoms with Crippen LogP contribution in [0.1, 0.15) is 16.8 Å². The number of hydrogen-bond donors (Lipinski definition) is 0. The molecule has 0 spiro atoms. The van der Waals surface area contributed by atoms with Crippen LogP contribution in [-0.2, 0) is 6.42 Å². The van der Waals surface area contributed by atoms with E-state index < -0.39 is 0 Å². The van der Waals surface area contributed by atoms with Crippen LogP contribution in [-0.4, -0.2) is 4.98 Å². The summed E-state index contributed by atoms with van der Waals surface area (Å²) in [5, 5.41) is 1.19. The largest absolute Gasteiger partial charge is 0.249 e. The Bertz CT molecular complexity index is 202. The summed E-state index contributed by atoms with van der Waals surface area (Å²) in [6.45, 7) is 5.75. The van der Waals surface area contributed by atoms with Crippen molar-refractivity contribution in [2.75, 3.05) is 0 Å². The minimum absolute atomic E-state index is 1.03. The first kappa shape index (κ1) is 6.49. The molecule has 1 heterocycles. The molecule has 0 amide bonds. The van der Waals surface area contributed by atoms with Gasteiger partial charge in [-0.3, -0.25) is 0 Å². The van der Waals surface area contributed by atoms with Gasteiger partial charge in [0.05, 0.1) is 5.01 Å². The standard InChI is InChI=1S/C7H9NS/c1-3-6-5-8-7(4-2)9-6/h3,5H,1,4H2,2H3. The minimum atomic E-state index is 1.03. The predicted octanol–water partition coefficient (Wildman–Crippen LogP) is 2.35. The van der Waals surface area contributed by atoms with E-state index in [4.69, 9.17) is 0 Å². The number of aryl methyl sites for hydroxylation is 1. The second-order valence-corrected chi connectivity index (χ2v) is 2.86. The van der Waals surface area contributed by atoms with Crippen LogP contribution in [0.4, 0.5) is 0 Å². The molecule has 0 radical (unpaired) electrons. The maximum Gasteiger partial charge on any atom is 0.0928 e. The Balaban J connectivity index is 2.86. The molecular weight excluding hydrogens is 130 g/mol. The highest BCUT2D eigenvalue weighted by molar-refractivity contribution is 7.12. The van der Waals surface area contributed by atoms with Gasteiger partial charge in [-0.1, -0.05) is 19.6 Å². The zero-order valence-electron chi connectivity index (χ0n) is 5.42. The third kappa shape index (κ3) is 1.39. The van der Waals surface area contributed by atoms with E-state index in [1.165, 1.54) is 5.01 Å². The number of thiazole rings is 1. The first-order valence-electron chi connectivity index (χ1n) is 2.94. The molecule has 9 heavy (non-hydrogen) atoms. The fraction of sp³-hybridized carbons (Fsp3) is 0.286. The maximum atomic E-state index is 4.15. The van der Waals surface area contributed by atoms with Crippen LogP contribution in [0.3, 0.4) is 0 Å². The van der Waals surface area contributed by atoms with Gasteiger partial charge in [0.1, 0.15) is 0 Å². The van der Waals surface area contributed by atoms with Gasteiger partial charge in [0.25, 0.3) is 0 Å². The molecule has 1 aromatic heterocycles. The van der Waals surface area contributed by atoms with Crippen LogP contribution in [0.15, 0.2) is 12.8 Å². The highest BCUT2D eigenvalue weighted by Gasteiger charge is 1.93. The third-order valence-corrected chi connectivity index (χ3v) is 2.21. The van der Waals surface area contributed by atoms with Crippen molar-refractivity contribution >= 4 is 17.4 Å². The highest BCUT2D eigenvalue weighted by Crippen LogP contribution is 2.13. The van der Waals surface area contributed by atoms with E-state index >= 15 is 0 Å². The molecule has 1 aromatic rings. The van der Waals surface area contributed by atoms with Crippen LogP contribution < -0.4 is 0 Å². The van der Waals surface area contributed by atoms with E-state index in [-0.39, 0.29) is 0 Å². The zero-order chi connectivity index (χ0) is 6.69. The second-order valence-electron chi connectivity index (χ2n) is 1.71. The first-order valence-corrected chi connectivity index (χ1v) is 3.75. The topological polar surface area (TPSA) is 12.9 Å². The van der Waals surface area contributed by atoms with Gasteiger partial charge in [0.15, 0.2) is 0 Å². The van der Waals surface area contributed by atoms with E-state index in [1.54, 1.807) is 11.3 Å². The smallest absolute Gasteiger partial charge is 0.0928 e. The van der Waals surface area contributed by atoms with E-state index in [0.29, 0.717) is 0 Å². The molecule has 0 aliphatic heterocycles. The Morgan fingerprint density at radius 1 is 1.89 bits per heavy atom. The Hall–Kier alpha value is -0.630. The van der Waals surface area contributed by atoms with Crippen molar-refractivity contribution < 1.29 is 0 Å². The molecular formula is C7H9NS. The average Bonchev–Trinajstić information content (AvgIpc) is 2.34. The van der Waals surface area contributed by atoms with Gasteiger partial charge < -0.3 is 0 Å². The molecule has 1 rings (SSSR count). The van der Waals surface area contributed by atoms with Crippen LogP contribution >= 0.6 is 11.3 Å². The number of nitrogens with zero attached hydrogens (tertiary/aromatic N) is 1. The van der Waals surface area contributed by atoms with Crippen molar-refractivity contribution in [2.45, 2.75) is 13.3 Å². The Kier molecular flexibility index (Phi) is 2.01. The van der Waals surface area contributed by atoms with Gasteiger partial charge >= 0.3 is 0 Å². The van der Waals surface area contributed by atoms with Gasteiger partial charge in [-0.15, -0.1) is 11.3 Å². The van der Waals surface area contributed by atoms with E-state index in [9.17, 15) is 0 Å². The molecule has 0 unspecified atom stereocenters. The minimum Gasteiger partial charge on any atom is -0.249 e. The van der Waals surface area contributed by atoms with Crippen LogP contribution in [0.2, 0.25) is 0 Å². The molecule has 0 fully saturated rings. The summed E-state index contributed by atoms with van der Waals surface area (Å²) in [5.74, 6) is 0. The molecule has 0 N–H and O–H groups in total. The SMILES string of the molecule is C=Cc1cnc(CC)s1. The lowest BCUT2D eigenvalue weighted by atomic mass is 10.5. The summed E-state index contributed by atoms with van der Waals surface area (Å²) in [6.07, 6.45) is 4.71. The molecule has 0 bridgehead atoms. The molecule has 0 aliphatic rings. The summed E-state index contributed by atoms with van der Waals surface area (Å²) >= 11 is 1.70. The van der Waals surface area contributed by atoms with E-state index in [2.05, 4.69) is 18.5 Å². The van der Waals surface area contributed by atoms with Crippen molar-refractivity contribution in [3.8, 4) is 0 Å². The van der Waals surface area contributed by atoms with Crippen LogP contribution in [0.5, 0.6) is 0 Å². The molecule has 0 aliphatic carbocycles. The van der Waals surface area contributed by atoms with Gasteiger partial charge in [-0.05, 0) is 6.42 Å². The van der Waals surface area contributed by atoms with E-state index in [0.717, 1.165) is 11.3 Å². The fourth-order valence-electron chi connectivity index (χ4n) is 0.582. The molecule has 0 saturated carbocycles. The maximum absolute atomic E-state index is 4.15. The quantitative estimate of drug-likeness (QED) is 0.613. The van der Waals surface area contributed by atoms with Gasteiger partial charge in [0.2, 0.25) is 0 Å². The summed E-state index contributed by atoms with van der Waals surface area (Å²) < 4.78 is 0.